The van der Waals surface area contributed by atoms with E-state index in [9.17, 15) is 0 Å². The molecule has 1 N–H and O–H groups in total. The molecule has 0 aromatic rings. The first-order valence-electron chi connectivity index (χ1n) is 3.34. The highest BCUT2D eigenvalue weighted by atomic mass is 16.3. The molecule has 0 amide bonds. The number of aliphatic hydroxyl groups is 1. The van der Waals surface area contributed by atoms with Crippen LogP contribution in [0.2, 0.25) is 0 Å². The molecule has 10 heavy (non-hydrogen) atoms. The molecule has 0 radical (unpaired) electrons. The van der Waals surface area contributed by atoms with Gasteiger partial charge in [-0.3, -0.25) is 5.01 Å². The van der Waals surface area contributed by atoms with Crippen LogP contribution in [0.15, 0.2) is 17.3 Å². The molecule has 1 rings (SSSR count). The van der Waals surface area contributed by atoms with Crippen LogP contribution in [0.1, 0.15) is 6.92 Å². The minimum absolute atomic E-state index is 0.459. The third-order valence-corrected chi connectivity index (χ3v) is 1.37. The van der Waals surface area contributed by atoms with Crippen molar-refractivity contribution in [1.82, 2.24) is 5.01 Å². The van der Waals surface area contributed by atoms with E-state index in [2.05, 4.69) is 5.10 Å². The van der Waals surface area contributed by atoms with Gasteiger partial charge in [0.2, 0.25) is 0 Å². The van der Waals surface area contributed by atoms with Gasteiger partial charge < -0.3 is 5.11 Å². The zero-order valence-corrected chi connectivity index (χ0v) is 6.28. The molecule has 1 unspecified atom stereocenters. The molecular weight excluding hydrogens is 128 g/mol. The lowest BCUT2D eigenvalue weighted by molar-refractivity contribution is 0.256. The quantitative estimate of drug-likeness (QED) is 0.565. The maximum atomic E-state index is 9.09. The van der Waals surface area contributed by atoms with E-state index in [-0.39, 0.29) is 0 Å². The summed E-state index contributed by atoms with van der Waals surface area (Å²) in [6, 6.07) is 0. The Labute approximate surface area is 60.7 Å². The number of aliphatic hydroxyl groups excluding tert-OH is 1. The molecule has 0 saturated carbocycles. The maximum Gasteiger partial charge on any atom is 0.0949 e. The molecule has 0 bridgehead atoms. The van der Waals surface area contributed by atoms with Crippen molar-refractivity contribution in [3.05, 3.63) is 12.2 Å². The van der Waals surface area contributed by atoms with Crippen LogP contribution in [0.3, 0.4) is 0 Å². The lowest BCUT2D eigenvalue weighted by atomic mass is 10.2. The summed E-state index contributed by atoms with van der Waals surface area (Å²) in [7, 11) is 1.88. The van der Waals surface area contributed by atoms with Gasteiger partial charge >= 0.3 is 0 Å². The number of likely N-dealkylation sites (N-methyl/N-ethyl adjacent to an activating group) is 1. The Morgan fingerprint density at radius 3 is 2.90 bits per heavy atom. The molecule has 3 nitrogen and oxygen atoms in total. The largest absolute Gasteiger partial charge is 0.387 e. The number of hydrogen-bond donors (Lipinski definition) is 1. The average molecular weight is 140 g/mol. The van der Waals surface area contributed by atoms with Crippen molar-refractivity contribution in [2.24, 2.45) is 5.10 Å². The fourth-order valence-electron chi connectivity index (χ4n) is 0.820. The van der Waals surface area contributed by atoms with Gasteiger partial charge in [0.25, 0.3) is 0 Å². The van der Waals surface area contributed by atoms with E-state index in [0.29, 0.717) is 0 Å². The third kappa shape index (κ3) is 1.57. The number of nitrogens with zero attached hydrogens (tertiary/aromatic N) is 2. The highest BCUT2D eigenvalue weighted by molar-refractivity contribution is 5.98. The zero-order valence-electron chi connectivity index (χ0n) is 6.28. The van der Waals surface area contributed by atoms with Crippen LogP contribution >= 0.6 is 0 Å². The molecule has 0 aromatic heterocycles. The normalized spacial score (nSPS) is 20.7. The standard InChI is InChI=1S/C7H12N2O/c1-6(10)7-4-3-5-9(2)8-7/h3-4,6,10H,5H2,1-2H3. The lowest BCUT2D eigenvalue weighted by Crippen LogP contribution is -2.24. The van der Waals surface area contributed by atoms with E-state index in [1.165, 1.54) is 0 Å². The first kappa shape index (κ1) is 7.28. The lowest BCUT2D eigenvalue weighted by Gasteiger charge is -2.17. The van der Waals surface area contributed by atoms with Crippen LogP contribution in [0, 0.1) is 0 Å². The van der Waals surface area contributed by atoms with E-state index in [0.717, 1.165) is 12.3 Å². The fourth-order valence-corrected chi connectivity index (χ4v) is 0.820. The van der Waals surface area contributed by atoms with Gasteiger partial charge in [-0.2, -0.15) is 5.10 Å². The first-order valence-corrected chi connectivity index (χ1v) is 3.34. The molecule has 1 aliphatic heterocycles. The highest BCUT2D eigenvalue weighted by Crippen LogP contribution is 1.99. The molecular formula is C7H12N2O. The van der Waals surface area contributed by atoms with Crippen molar-refractivity contribution < 1.29 is 5.11 Å². The molecule has 0 spiro atoms. The molecule has 1 atom stereocenters. The van der Waals surface area contributed by atoms with Gasteiger partial charge in [-0.15, -0.1) is 0 Å². The second kappa shape index (κ2) is 2.84. The minimum atomic E-state index is -0.459. The molecule has 0 aliphatic carbocycles. The van der Waals surface area contributed by atoms with Crippen LogP contribution in [0.25, 0.3) is 0 Å². The number of hydrogen-bond acceptors (Lipinski definition) is 3. The number of hydrazone groups is 1. The van der Waals surface area contributed by atoms with Crippen molar-refractivity contribution in [2.75, 3.05) is 13.6 Å². The second-order valence-corrected chi connectivity index (χ2v) is 2.44. The van der Waals surface area contributed by atoms with E-state index in [1.54, 1.807) is 11.9 Å². The summed E-state index contributed by atoms with van der Waals surface area (Å²) in [4.78, 5) is 0. The predicted molar refractivity (Wildman–Crippen MR) is 40.9 cm³/mol. The Hall–Kier alpha value is -0.830. The van der Waals surface area contributed by atoms with Crippen LogP contribution in [-0.2, 0) is 0 Å². The van der Waals surface area contributed by atoms with Crippen LogP contribution in [0.5, 0.6) is 0 Å². The van der Waals surface area contributed by atoms with Crippen LogP contribution < -0.4 is 0 Å². The zero-order chi connectivity index (χ0) is 7.56. The summed E-state index contributed by atoms with van der Waals surface area (Å²) >= 11 is 0. The Balaban J connectivity index is 2.66. The van der Waals surface area contributed by atoms with E-state index in [4.69, 9.17) is 5.11 Å². The Morgan fingerprint density at radius 1 is 1.80 bits per heavy atom. The smallest absolute Gasteiger partial charge is 0.0949 e. The van der Waals surface area contributed by atoms with Gasteiger partial charge in [0, 0.05) is 7.05 Å². The monoisotopic (exact) mass is 140 g/mol. The summed E-state index contributed by atoms with van der Waals surface area (Å²) in [6.45, 7) is 2.54. The molecule has 1 aliphatic rings. The van der Waals surface area contributed by atoms with E-state index >= 15 is 0 Å². The topological polar surface area (TPSA) is 35.8 Å². The Kier molecular flexibility index (Phi) is 2.06. The van der Waals surface area contributed by atoms with Crippen LogP contribution in [0.4, 0.5) is 0 Å². The van der Waals surface area contributed by atoms with Gasteiger partial charge in [-0.05, 0) is 13.0 Å². The van der Waals surface area contributed by atoms with E-state index < -0.39 is 6.10 Å². The summed E-state index contributed by atoms with van der Waals surface area (Å²) in [5.74, 6) is 0. The molecule has 1 heterocycles. The summed E-state index contributed by atoms with van der Waals surface area (Å²) in [5.41, 5.74) is 0.730. The Bertz CT molecular complexity index is 172. The van der Waals surface area contributed by atoms with Crippen molar-refractivity contribution in [1.29, 1.82) is 0 Å². The highest BCUT2D eigenvalue weighted by Gasteiger charge is 2.06. The van der Waals surface area contributed by atoms with Gasteiger partial charge in [-0.1, -0.05) is 6.08 Å². The fraction of sp³-hybridized carbons (Fsp3) is 0.571. The molecule has 56 valence electrons. The SMILES string of the molecule is CC(O)C1=NN(C)CC=C1. The first-order chi connectivity index (χ1) is 4.70. The average Bonchev–Trinajstić information content (AvgIpc) is 1.88. The van der Waals surface area contributed by atoms with Gasteiger partial charge in [0.1, 0.15) is 0 Å². The third-order valence-electron chi connectivity index (χ3n) is 1.37. The molecule has 0 fully saturated rings. The minimum Gasteiger partial charge on any atom is -0.387 e. The summed E-state index contributed by atoms with van der Waals surface area (Å²) < 4.78 is 0. The molecule has 0 saturated heterocycles. The van der Waals surface area contributed by atoms with Gasteiger partial charge in [0.15, 0.2) is 0 Å². The van der Waals surface area contributed by atoms with Crippen LogP contribution in [-0.4, -0.2) is 35.5 Å². The second-order valence-electron chi connectivity index (χ2n) is 2.44. The Morgan fingerprint density at radius 2 is 2.50 bits per heavy atom. The predicted octanol–water partition coefficient (Wildman–Crippen LogP) is 0.225. The van der Waals surface area contributed by atoms with Gasteiger partial charge in [-0.25, -0.2) is 0 Å². The maximum absolute atomic E-state index is 9.09. The van der Waals surface area contributed by atoms with Crippen molar-refractivity contribution >= 4 is 5.71 Å². The number of rotatable bonds is 1. The molecule has 3 heteroatoms. The van der Waals surface area contributed by atoms with E-state index in [1.807, 2.05) is 19.2 Å². The molecule has 0 aromatic carbocycles. The summed E-state index contributed by atoms with van der Waals surface area (Å²) in [6.07, 6.45) is 3.37. The van der Waals surface area contributed by atoms with Gasteiger partial charge in [0.05, 0.1) is 18.4 Å². The van der Waals surface area contributed by atoms with Crippen molar-refractivity contribution in [2.45, 2.75) is 13.0 Å². The van der Waals surface area contributed by atoms with Crippen molar-refractivity contribution in [3.63, 3.8) is 0 Å². The summed E-state index contributed by atoms with van der Waals surface area (Å²) in [5, 5.41) is 15.0. The van der Waals surface area contributed by atoms with Crippen molar-refractivity contribution in [3.8, 4) is 0 Å².